The van der Waals surface area contributed by atoms with Crippen LogP contribution in [0.2, 0.25) is 0 Å². The Morgan fingerprint density at radius 2 is 1.07 bits per heavy atom. The van der Waals surface area contributed by atoms with Crippen LogP contribution >= 0.6 is 0 Å². The fourth-order valence-electron chi connectivity index (χ4n) is 2.28. The molecule has 0 fully saturated rings. The first kappa shape index (κ1) is 20.1. The van der Waals surface area contributed by atoms with Gasteiger partial charge in [0.05, 0.1) is 0 Å². The molecule has 1 heteroatoms. The molecule has 0 saturated carbocycles. The van der Waals surface area contributed by atoms with E-state index in [1.807, 2.05) is 109 Å². The van der Waals surface area contributed by atoms with Gasteiger partial charge in [0.15, 0.2) is 0 Å². The van der Waals surface area contributed by atoms with Gasteiger partial charge in [0.1, 0.15) is 0 Å². The van der Waals surface area contributed by atoms with Crippen molar-refractivity contribution >= 4 is 0 Å². The van der Waals surface area contributed by atoms with Crippen molar-refractivity contribution in [2.24, 2.45) is 0 Å². The molecule has 4 rings (SSSR count). The molecule has 4 aromatic carbocycles. The van der Waals surface area contributed by atoms with E-state index in [9.17, 15) is 0 Å². The Morgan fingerprint density at radius 3 is 1.63 bits per heavy atom. The average molecular weight is 386 g/mol. The zero-order chi connectivity index (χ0) is 17.9. The van der Waals surface area contributed by atoms with E-state index in [1.54, 1.807) is 0 Å². The van der Waals surface area contributed by atoms with Gasteiger partial charge in [0.2, 0.25) is 0 Å². The zero-order valence-electron chi connectivity index (χ0n) is 14.7. The second kappa shape index (κ2) is 11.4. The van der Waals surface area contributed by atoms with Crippen molar-refractivity contribution in [1.82, 2.24) is 0 Å². The van der Waals surface area contributed by atoms with E-state index < -0.39 is 0 Å². The quantitative estimate of drug-likeness (QED) is 0.209. The van der Waals surface area contributed by atoms with Gasteiger partial charge in [0.25, 0.3) is 0 Å². The van der Waals surface area contributed by atoms with Crippen molar-refractivity contribution in [1.29, 1.82) is 0 Å². The third-order valence-electron chi connectivity index (χ3n) is 3.60. The molecule has 0 unspecified atom stereocenters. The van der Waals surface area contributed by atoms with Crippen LogP contribution in [0, 0.1) is 23.7 Å². The van der Waals surface area contributed by atoms with Crippen LogP contribution in [0.4, 0.5) is 0 Å². The van der Waals surface area contributed by atoms with Gasteiger partial charge in [-0.25, -0.2) is 0 Å². The molecule has 0 aromatic heterocycles. The molecule has 0 atom stereocenters. The predicted molar refractivity (Wildman–Crippen MR) is 109 cm³/mol. The molecular formula is C26H18Fe-6. The summed E-state index contributed by atoms with van der Waals surface area (Å²) in [6.45, 7) is 0. The SMILES string of the molecule is C(#Cc1ccc[c-]1C#Cc1ccccc1)c1ccccc1.[Fe].[cH-]1[cH-][cH-][cH-][cH-]1. The first-order chi connectivity index (χ1) is 12.9. The van der Waals surface area contributed by atoms with Gasteiger partial charge in [-0.05, 0) is 23.3 Å². The van der Waals surface area contributed by atoms with Crippen LogP contribution in [0.3, 0.4) is 0 Å². The van der Waals surface area contributed by atoms with Crippen LogP contribution in [0.1, 0.15) is 22.3 Å². The molecule has 0 nitrogen and oxygen atoms in total. The topological polar surface area (TPSA) is 0 Å². The molecule has 0 spiro atoms. The Labute approximate surface area is 172 Å². The van der Waals surface area contributed by atoms with Gasteiger partial charge >= 0.3 is 0 Å². The zero-order valence-corrected chi connectivity index (χ0v) is 15.9. The minimum atomic E-state index is 0. The van der Waals surface area contributed by atoms with Gasteiger partial charge in [-0.2, -0.15) is 17.9 Å². The molecule has 0 aliphatic heterocycles. The van der Waals surface area contributed by atoms with Crippen LogP contribution in [0.25, 0.3) is 0 Å². The first-order valence-corrected chi connectivity index (χ1v) is 8.48. The van der Waals surface area contributed by atoms with E-state index in [0.29, 0.717) is 0 Å². The van der Waals surface area contributed by atoms with Crippen LogP contribution in [-0.4, -0.2) is 0 Å². The fourth-order valence-corrected chi connectivity index (χ4v) is 2.28. The molecule has 0 radical (unpaired) electrons. The summed E-state index contributed by atoms with van der Waals surface area (Å²) >= 11 is 0. The molecule has 0 aliphatic rings. The van der Waals surface area contributed by atoms with Gasteiger partial charge in [-0.15, -0.1) is 24.0 Å². The van der Waals surface area contributed by atoms with E-state index in [4.69, 9.17) is 0 Å². The summed E-state index contributed by atoms with van der Waals surface area (Å²) in [5.41, 5.74) is 3.98. The molecule has 0 aliphatic carbocycles. The maximum atomic E-state index is 3.19. The number of hydrogen-bond acceptors (Lipinski definition) is 0. The van der Waals surface area contributed by atoms with Crippen LogP contribution in [-0.2, 0) is 17.1 Å². The third-order valence-corrected chi connectivity index (χ3v) is 3.60. The van der Waals surface area contributed by atoms with E-state index in [-0.39, 0.29) is 17.1 Å². The van der Waals surface area contributed by atoms with Crippen molar-refractivity contribution in [3.63, 3.8) is 0 Å². The number of rotatable bonds is 0. The van der Waals surface area contributed by atoms with Gasteiger partial charge in [0, 0.05) is 22.6 Å². The summed E-state index contributed by atoms with van der Waals surface area (Å²) < 4.78 is 0. The van der Waals surface area contributed by atoms with Gasteiger partial charge in [-0.3, -0.25) is 0 Å². The maximum absolute atomic E-state index is 3.19. The Hall–Kier alpha value is -3.22. The van der Waals surface area contributed by atoms with E-state index >= 15 is 0 Å². The summed E-state index contributed by atoms with van der Waals surface area (Å²) in [6.07, 6.45) is 0. The Morgan fingerprint density at radius 1 is 0.556 bits per heavy atom. The van der Waals surface area contributed by atoms with Gasteiger partial charge in [-0.1, -0.05) is 54.1 Å². The Kier molecular flexibility index (Phi) is 8.49. The van der Waals surface area contributed by atoms with E-state index in [0.717, 1.165) is 22.3 Å². The van der Waals surface area contributed by atoms with Crippen molar-refractivity contribution in [3.8, 4) is 23.7 Å². The average Bonchev–Trinajstić information content (AvgIpc) is 3.41. The van der Waals surface area contributed by atoms with Crippen LogP contribution in [0.15, 0.2) is 109 Å². The predicted octanol–water partition coefficient (Wildman–Crippen LogP) is 5.61. The maximum Gasteiger partial charge on any atom is 0.0161 e. The standard InChI is InChI=1S/C21H13.C5H5.Fe/c1-3-8-18(9-4-1)14-16-20-12-7-13-21(20)17-15-19-10-5-2-6-11-19;1-2-4-5-3-1;/h1-13H;1-5H;/q-1;-5;. The first-order valence-electron chi connectivity index (χ1n) is 8.48. The molecule has 4 aromatic rings. The number of benzene rings is 2. The molecule has 0 saturated heterocycles. The summed E-state index contributed by atoms with van der Waals surface area (Å²) in [6, 6.07) is 36.0. The molecule has 0 amide bonds. The molecule has 0 N–H and O–H groups in total. The van der Waals surface area contributed by atoms with Crippen LogP contribution < -0.4 is 0 Å². The second-order valence-corrected chi connectivity index (χ2v) is 5.55. The second-order valence-electron chi connectivity index (χ2n) is 5.55. The molecule has 0 bridgehead atoms. The van der Waals surface area contributed by atoms with Gasteiger partial charge < -0.3 is 30.3 Å². The van der Waals surface area contributed by atoms with Crippen molar-refractivity contribution in [2.75, 3.05) is 0 Å². The molecule has 27 heavy (non-hydrogen) atoms. The molecule has 136 valence electrons. The van der Waals surface area contributed by atoms with Crippen molar-refractivity contribution in [3.05, 3.63) is 131 Å². The van der Waals surface area contributed by atoms with Crippen molar-refractivity contribution in [2.45, 2.75) is 0 Å². The minimum Gasteiger partial charge on any atom is -0.748 e. The fraction of sp³-hybridized carbons (Fsp3) is 0. The largest absolute Gasteiger partial charge is 0.748 e. The normalized spacial score (nSPS) is 8.59. The summed E-state index contributed by atoms with van der Waals surface area (Å²) in [5.74, 6) is 12.7. The number of hydrogen-bond donors (Lipinski definition) is 0. The summed E-state index contributed by atoms with van der Waals surface area (Å²) in [5, 5.41) is 0. The minimum absolute atomic E-state index is 0. The smallest absolute Gasteiger partial charge is 0.0161 e. The van der Waals surface area contributed by atoms with E-state index in [2.05, 4.69) is 23.7 Å². The molecule has 0 heterocycles. The summed E-state index contributed by atoms with van der Waals surface area (Å²) in [7, 11) is 0. The molecular weight excluding hydrogens is 368 g/mol. The Bertz CT molecular complexity index is 926. The van der Waals surface area contributed by atoms with Crippen molar-refractivity contribution < 1.29 is 17.1 Å². The third kappa shape index (κ3) is 6.89. The monoisotopic (exact) mass is 386 g/mol. The van der Waals surface area contributed by atoms with E-state index in [1.165, 1.54) is 0 Å². The summed E-state index contributed by atoms with van der Waals surface area (Å²) in [4.78, 5) is 0. The van der Waals surface area contributed by atoms with Crippen LogP contribution in [0.5, 0.6) is 0 Å². The Balaban J connectivity index is 0.000000379.